The maximum absolute atomic E-state index is 12.7. The molecule has 0 bridgehead atoms. The van der Waals surface area contributed by atoms with E-state index in [1.54, 1.807) is 24.3 Å². The van der Waals surface area contributed by atoms with Crippen LogP contribution < -0.4 is 5.32 Å². The fraction of sp³-hybridized carbons (Fsp3) is 0.118. The number of Topliss-reactive ketones (excluding diaryl/α,β-unsaturated/α-hetero) is 1. The van der Waals surface area contributed by atoms with Crippen molar-refractivity contribution < 1.29 is 13.2 Å². The van der Waals surface area contributed by atoms with E-state index in [1.807, 2.05) is 6.92 Å². The largest absolute Gasteiger partial charge is 0.360 e. The highest BCUT2D eigenvalue weighted by Gasteiger charge is 2.24. The molecule has 7 heteroatoms. The lowest BCUT2D eigenvalue weighted by molar-refractivity contribution is -0.113. The number of carbonyl (C=O) groups excluding carboxylic acids is 1. The molecule has 24 heavy (non-hydrogen) atoms. The van der Waals surface area contributed by atoms with Crippen LogP contribution in [0.25, 0.3) is 0 Å². The normalized spacial score (nSPS) is 12.1. The van der Waals surface area contributed by atoms with E-state index in [4.69, 9.17) is 23.2 Å². The van der Waals surface area contributed by atoms with Crippen LogP contribution in [-0.4, -0.2) is 14.2 Å². The van der Waals surface area contributed by atoms with Crippen molar-refractivity contribution in [2.45, 2.75) is 18.7 Å². The lowest BCUT2D eigenvalue weighted by Gasteiger charge is -2.09. The second-order valence-corrected chi connectivity index (χ2v) is 7.89. The summed E-state index contributed by atoms with van der Waals surface area (Å²) < 4.78 is 25.3. The number of carbonyl (C=O) groups is 1. The Kier molecular flexibility index (Phi) is 5.70. The lowest BCUT2D eigenvalue weighted by atomic mass is 10.2. The van der Waals surface area contributed by atoms with E-state index in [1.165, 1.54) is 25.1 Å². The summed E-state index contributed by atoms with van der Waals surface area (Å²) in [7, 11) is -3.92. The minimum atomic E-state index is -3.92. The number of hydrogen-bond donors (Lipinski definition) is 1. The zero-order valence-corrected chi connectivity index (χ0v) is 15.3. The summed E-state index contributed by atoms with van der Waals surface area (Å²) in [5, 5.41) is 3.48. The molecule has 0 aromatic heterocycles. The van der Waals surface area contributed by atoms with Crippen molar-refractivity contribution in [2.75, 3.05) is 5.32 Å². The van der Waals surface area contributed by atoms with E-state index in [9.17, 15) is 13.2 Å². The molecule has 0 saturated heterocycles. The summed E-state index contributed by atoms with van der Waals surface area (Å²) >= 11 is 11.7. The van der Waals surface area contributed by atoms with Gasteiger partial charge in [0.2, 0.25) is 9.84 Å². The van der Waals surface area contributed by atoms with E-state index >= 15 is 0 Å². The van der Waals surface area contributed by atoms with Crippen molar-refractivity contribution >= 4 is 44.5 Å². The Bertz CT molecular complexity index is 904. The fourth-order valence-electron chi connectivity index (χ4n) is 1.95. The number of hydrogen-bond acceptors (Lipinski definition) is 4. The monoisotopic (exact) mass is 383 g/mol. The summed E-state index contributed by atoms with van der Waals surface area (Å²) in [5.74, 6) is -0.567. The average molecular weight is 384 g/mol. The van der Waals surface area contributed by atoms with Crippen molar-refractivity contribution in [2.24, 2.45) is 0 Å². The van der Waals surface area contributed by atoms with Crippen molar-refractivity contribution in [3.05, 3.63) is 69.2 Å². The molecule has 0 spiro atoms. The quantitative estimate of drug-likeness (QED) is 0.765. The van der Waals surface area contributed by atoms with Gasteiger partial charge >= 0.3 is 0 Å². The summed E-state index contributed by atoms with van der Waals surface area (Å²) in [6.07, 6.45) is 1.16. The highest BCUT2D eigenvalue weighted by Crippen LogP contribution is 2.26. The number of sulfone groups is 1. The SMILES string of the molecule is CC(=O)/C(=C/Nc1ccc(Cl)c(Cl)c1)S(=O)(=O)c1ccc(C)cc1. The maximum Gasteiger partial charge on any atom is 0.211 e. The van der Waals surface area contributed by atoms with Gasteiger partial charge in [0.15, 0.2) is 5.78 Å². The molecule has 0 aliphatic rings. The Morgan fingerprint density at radius 1 is 1.04 bits per heavy atom. The van der Waals surface area contributed by atoms with Crippen LogP contribution in [-0.2, 0) is 14.6 Å². The Morgan fingerprint density at radius 2 is 1.67 bits per heavy atom. The molecule has 2 rings (SSSR count). The highest BCUT2D eigenvalue weighted by molar-refractivity contribution is 7.96. The summed E-state index contributed by atoms with van der Waals surface area (Å²) in [5.41, 5.74) is 1.44. The molecule has 0 fully saturated rings. The second kappa shape index (κ2) is 7.38. The molecule has 126 valence electrons. The van der Waals surface area contributed by atoms with Crippen molar-refractivity contribution in [1.29, 1.82) is 0 Å². The van der Waals surface area contributed by atoms with E-state index in [0.29, 0.717) is 15.7 Å². The van der Waals surface area contributed by atoms with Crippen LogP contribution in [0.2, 0.25) is 10.0 Å². The Balaban J connectivity index is 2.39. The number of rotatable bonds is 5. The molecule has 4 nitrogen and oxygen atoms in total. The number of anilines is 1. The van der Waals surface area contributed by atoms with Crippen molar-refractivity contribution in [1.82, 2.24) is 0 Å². The van der Waals surface area contributed by atoms with Gasteiger partial charge < -0.3 is 5.32 Å². The molecule has 0 atom stereocenters. The number of nitrogens with one attached hydrogen (secondary N) is 1. The Morgan fingerprint density at radius 3 is 2.21 bits per heavy atom. The predicted molar refractivity (Wildman–Crippen MR) is 97.2 cm³/mol. The van der Waals surface area contributed by atoms with Crippen LogP contribution in [0, 0.1) is 6.92 Å². The predicted octanol–water partition coefficient (Wildman–Crippen LogP) is 4.62. The summed E-state index contributed by atoms with van der Waals surface area (Å²) in [6.45, 7) is 3.05. The van der Waals surface area contributed by atoms with Gasteiger partial charge in [0.1, 0.15) is 4.91 Å². The van der Waals surface area contributed by atoms with Crippen molar-refractivity contribution in [3.8, 4) is 0 Å². The molecule has 1 N–H and O–H groups in total. The smallest absolute Gasteiger partial charge is 0.211 e. The molecule has 0 radical (unpaired) electrons. The van der Waals surface area contributed by atoms with E-state index in [2.05, 4.69) is 5.32 Å². The number of benzene rings is 2. The lowest BCUT2D eigenvalue weighted by Crippen LogP contribution is -2.13. The van der Waals surface area contributed by atoms with Gasteiger partial charge in [-0.05, 0) is 44.2 Å². The van der Waals surface area contributed by atoms with E-state index < -0.39 is 15.6 Å². The van der Waals surface area contributed by atoms with Gasteiger partial charge in [-0.3, -0.25) is 4.79 Å². The second-order valence-electron chi connectivity index (χ2n) is 5.15. The van der Waals surface area contributed by atoms with Gasteiger partial charge in [0.25, 0.3) is 0 Å². The van der Waals surface area contributed by atoms with Gasteiger partial charge in [-0.2, -0.15) is 0 Å². The number of aryl methyl sites for hydroxylation is 1. The van der Waals surface area contributed by atoms with Gasteiger partial charge in [-0.1, -0.05) is 40.9 Å². The topological polar surface area (TPSA) is 63.2 Å². The molecule has 0 unspecified atom stereocenters. The first-order chi connectivity index (χ1) is 11.2. The van der Waals surface area contributed by atoms with Gasteiger partial charge in [0, 0.05) is 11.9 Å². The standard InChI is InChI=1S/C17H15Cl2NO3S/c1-11-3-6-14(7-4-11)24(22,23)17(12(2)21)10-20-13-5-8-15(18)16(19)9-13/h3-10,20H,1-2H3/b17-10-. The molecule has 0 amide bonds. The maximum atomic E-state index is 12.7. The third kappa shape index (κ3) is 4.17. The number of ketones is 1. The summed E-state index contributed by atoms with van der Waals surface area (Å²) in [4.78, 5) is 11.6. The van der Waals surface area contributed by atoms with Crippen LogP contribution in [0.1, 0.15) is 12.5 Å². The summed E-state index contributed by atoms with van der Waals surface area (Å²) in [6, 6.07) is 11.0. The Labute approximate surface area is 151 Å². The minimum absolute atomic E-state index is 0.0606. The molecular weight excluding hydrogens is 369 g/mol. The zero-order chi connectivity index (χ0) is 17.9. The van der Waals surface area contributed by atoms with Gasteiger partial charge in [-0.25, -0.2) is 8.42 Å². The highest BCUT2D eigenvalue weighted by atomic mass is 35.5. The number of allylic oxidation sites excluding steroid dienone is 1. The van der Waals surface area contributed by atoms with E-state index in [-0.39, 0.29) is 9.80 Å². The van der Waals surface area contributed by atoms with Gasteiger partial charge in [-0.15, -0.1) is 0 Å². The molecule has 2 aromatic rings. The first-order valence-electron chi connectivity index (χ1n) is 6.96. The average Bonchev–Trinajstić information content (AvgIpc) is 2.51. The first-order valence-corrected chi connectivity index (χ1v) is 9.20. The molecule has 0 aliphatic carbocycles. The van der Waals surface area contributed by atoms with Crippen LogP contribution >= 0.6 is 23.2 Å². The zero-order valence-electron chi connectivity index (χ0n) is 13.0. The van der Waals surface area contributed by atoms with Crippen LogP contribution in [0.3, 0.4) is 0 Å². The van der Waals surface area contributed by atoms with Crippen molar-refractivity contribution in [3.63, 3.8) is 0 Å². The fourth-order valence-corrected chi connectivity index (χ4v) is 3.59. The molecule has 0 heterocycles. The molecule has 0 aliphatic heterocycles. The molecule has 0 saturated carbocycles. The van der Waals surface area contributed by atoms with Crippen LogP contribution in [0.5, 0.6) is 0 Å². The van der Waals surface area contributed by atoms with E-state index in [0.717, 1.165) is 11.8 Å². The van der Waals surface area contributed by atoms with Gasteiger partial charge in [0.05, 0.1) is 14.9 Å². The molecule has 2 aromatic carbocycles. The molecular formula is C17H15Cl2NO3S. The Hall–Kier alpha value is -1.82. The minimum Gasteiger partial charge on any atom is -0.360 e. The number of halogens is 2. The first kappa shape index (κ1) is 18.5. The van der Waals surface area contributed by atoms with Crippen LogP contribution in [0.4, 0.5) is 5.69 Å². The van der Waals surface area contributed by atoms with Crippen LogP contribution in [0.15, 0.2) is 58.5 Å². The third-order valence-electron chi connectivity index (χ3n) is 3.26. The third-order valence-corrected chi connectivity index (χ3v) is 5.87.